The molecule has 1 N–H and O–H groups in total. The van der Waals surface area contributed by atoms with Crippen LogP contribution < -0.4 is 14.8 Å². The molecule has 0 aliphatic rings. The van der Waals surface area contributed by atoms with Gasteiger partial charge in [-0.3, -0.25) is 4.79 Å². The Morgan fingerprint density at radius 3 is 2.54 bits per heavy atom. The Labute approximate surface area is 156 Å². The maximum atomic E-state index is 12.6. The van der Waals surface area contributed by atoms with Gasteiger partial charge in [0.05, 0.1) is 18.8 Å². The molecule has 0 aliphatic carbocycles. The molecule has 0 aromatic heterocycles. The molecular formula is C22H29NO3. The monoisotopic (exact) mass is 355 g/mol. The van der Waals surface area contributed by atoms with Crippen LogP contribution in [0.4, 0.5) is 5.69 Å². The van der Waals surface area contributed by atoms with E-state index < -0.39 is 0 Å². The second kappa shape index (κ2) is 11.2. The summed E-state index contributed by atoms with van der Waals surface area (Å²) in [6.45, 7) is 5.52. The Morgan fingerprint density at radius 1 is 0.885 bits per heavy atom. The number of para-hydroxylation sites is 1. The van der Waals surface area contributed by atoms with Crippen LogP contribution in [0.2, 0.25) is 0 Å². The molecule has 0 atom stereocenters. The Morgan fingerprint density at radius 2 is 1.73 bits per heavy atom. The maximum absolute atomic E-state index is 12.6. The van der Waals surface area contributed by atoms with Crippen molar-refractivity contribution in [3.8, 4) is 11.5 Å². The predicted octanol–water partition coefficient (Wildman–Crippen LogP) is 5.69. The van der Waals surface area contributed by atoms with Crippen LogP contribution in [0, 0.1) is 0 Å². The van der Waals surface area contributed by atoms with Crippen LogP contribution in [-0.4, -0.2) is 19.1 Å². The van der Waals surface area contributed by atoms with Crippen molar-refractivity contribution in [3.63, 3.8) is 0 Å². The van der Waals surface area contributed by atoms with Gasteiger partial charge in [0.1, 0.15) is 11.5 Å². The van der Waals surface area contributed by atoms with Crippen LogP contribution in [0.1, 0.15) is 56.3 Å². The van der Waals surface area contributed by atoms with Crippen LogP contribution in [0.5, 0.6) is 11.5 Å². The van der Waals surface area contributed by atoms with E-state index in [9.17, 15) is 4.79 Å². The summed E-state index contributed by atoms with van der Waals surface area (Å²) >= 11 is 0. The Hall–Kier alpha value is -2.49. The van der Waals surface area contributed by atoms with Gasteiger partial charge in [0, 0.05) is 11.8 Å². The molecule has 0 saturated heterocycles. The predicted molar refractivity (Wildman–Crippen MR) is 106 cm³/mol. The third kappa shape index (κ3) is 6.43. The first-order chi connectivity index (χ1) is 12.7. The Balaban J connectivity index is 1.96. The van der Waals surface area contributed by atoms with Gasteiger partial charge in [-0.2, -0.15) is 0 Å². The number of unbranched alkanes of at least 4 members (excludes halogenated alkanes) is 3. The van der Waals surface area contributed by atoms with Gasteiger partial charge in [-0.1, -0.05) is 51.3 Å². The fourth-order valence-electron chi connectivity index (χ4n) is 2.57. The smallest absolute Gasteiger partial charge is 0.259 e. The summed E-state index contributed by atoms with van der Waals surface area (Å²) in [5.74, 6) is 1.20. The SMILES string of the molecule is CCCCCCOc1cccc(NC(=O)c2ccccc2OCCC)c1. The van der Waals surface area contributed by atoms with Crippen molar-refractivity contribution in [1.29, 1.82) is 0 Å². The molecule has 0 radical (unpaired) electrons. The van der Waals surface area contributed by atoms with E-state index in [1.165, 1.54) is 19.3 Å². The van der Waals surface area contributed by atoms with E-state index >= 15 is 0 Å². The molecule has 4 heteroatoms. The molecule has 2 aromatic carbocycles. The van der Waals surface area contributed by atoms with Crippen molar-refractivity contribution in [2.24, 2.45) is 0 Å². The second-order valence-electron chi connectivity index (χ2n) is 6.24. The fraction of sp³-hybridized carbons (Fsp3) is 0.409. The van der Waals surface area contributed by atoms with E-state index in [2.05, 4.69) is 12.2 Å². The van der Waals surface area contributed by atoms with Gasteiger partial charge in [0.15, 0.2) is 0 Å². The second-order valence-corrected chi connectivity index (χ2v) is 6.24. The van der Waals surface area contributed by atoms with Crippen molar-refractivity contribution in [3.05, 3.63) is 54.1 Å². The highest BCUT2D eigenvalue weighted by atomic mass is 16.5. The third-order valence-electron chi connectivity index (χ3n) is 3.95. The zero-order chi connectivity index (χ0) is 18.6. The van der Waals surface area contributed by atoms with Gasteiger partial charge in [0.2, 0.25) is 0 Å². The number of ether oxygens (including phenoxy) is 2. The summed E-state index contributed by atoms with van der Waals surface area (Å²) in [7, 11) is 0. The molecule has 0 saturated carbocycles. The summed E-state index contributed by atoms with van der Waals surface area (Å²) < 4.78 is 11.5. The Kier molecular flexibility index (Phi) is 8.53. The Bertz CT molecular complexity index is 685. The number of amides is 1. The van der Waals surface area contributed by atoms with Gasteiger partial charge in [-0.05, 0) is 37.1 Å². The highest BCUT2D eigenvalue weighted by Gasteiger charge is 2.12. The molecule has 0 spiro atoms. The molecule has 1 amide bonds. The number of hydrogen-bond donors (Lipinski definition) is 1. The average molecular weight is 355 g/mol. The van der Waals surface area contributed by atoms with Crippen molar-refractivity contribution >= 4 is 11.6 Å². The van der Waals surface area contributed by atoms with E-state index in [1.807, 2.05) is 49.4 Å². The maximum Gasteiger partial charge on any atom is 0.259 e. The molecule has 2 rings (SSSR count). The largest absolute Gasteiger partial charge is 0.494 e. The number of anilines is 1. The molecule has 26 heavy (non-hydrogen) atoms. The normalized spacial score (nSPS) is 10.4. The summed E-state index contributed by atoms with van der Waals surface area (Å²) in [6, 6.07) is 14.8. The summed E-state index contributed by atoms with van der Waals surface area (Å²) in [5.41, 5.74) is 1.25. The lowest BCUT2D eigenvalue weighted by atomic mass is 10.2. The number of carbonyl (C=O) groups excluding carboxylic acids is 1. The van der Waals surface area contributed by atoms with Crippen LogP contribution in [-0.2, 0) is 0 Å². The minimum absolute atomic E-state index is 0.184. The molecule has 0 heterocycles. The lowest BCUT2D eigenvalue weighted by Gasteiger charge is -2.12. The van der Waals surface area contributed by atoms with Gasteiger partial charge < -0.3 is 14.8 Å². The van der Waals surface area contributed by atoms with Gasteiger partial charge in [-0.25, -0.2) is 0 Å². The number of carbonyl (C=O) groups is 1. The molecule has 0 unspecified atom stereocenters. The van der Waals surface area contributed by atoms with Gasteiger partial charge in [0.25, 0.3) is 5.91 Å². The molecule has 4 nitrogen and oxygen atoms in total. The van der Waals surface area contributed by atoms with Crippen molar-refractivity contribution in [1.82, 2.24) is 0 Å². The van der Waals surface area contributed by atoms with Crippen molar-refractivity contribution in [2.45, 2.75) is 46.0 Å². The summed E-state index contributed by atoms with van der Waals surface area (Å²) in [6.07, 6.45) is 5.57. The molecule has 0 fully saturated rings. The van der Waals surface area contributed by atoms with Crippen molar-refractivity contribution < 1.29 is 14.3 Å². The molecule has 140 valence electrons. The third-order valence-corrected chi connectivity index (χ3v) is 3.95. The molecule has 2 aromatic rings. The van der Waals surface area contributed by atoms with Crippen LogP contribution in [0.3, 0.4) is 0 Å². The van der Waals surface area contributed by atoms with E-state index in [1.54, 1.807) is 6.07 Å². The zero-order valence-electron chi connectivity index (χ0n) is 15.8. The van der Waals surface area contributed by atoms with E-state index in [0.717, 1.165) is 18.6 Å². The minimum atomic E-state index is -0.184. The number of benzene rings is 2. The van der Waals surface area contributed by atoms with Crippen LogP contribution in [0.25, 0.3) is 0 Å². The van der Waals surface area contributed by atoms with E-state index in [-0.39, 0.29) is 5.91 Å². The van der Waals surface area contributed by atoms with Crippen molar-refractivity contribution in [2.75, 3.05) is 18.5 Å². The highest BCUT2D eigenvalue weighted by Crippen LogP contribution is 2.22. The number of nitrogens with one attached hydrogen (secondary N) is 1. The topological polar surface area (TPSA) is 47.6 Å². The van der Waals surface area contributed by atoms with E-state index in [0.29, 0.717) is 30.2 Å². The lowest BCUT2D eigenvalue weighted by Crippen LogP contribution is -2.14. The molecule has 0 bridgehead atoms. The first kappa shape index (κ1) is 19.8. The highest BCUT2D eigenvalue weighted by molar-refractivity contribution is 6.06. The van der Waals surface area contributed by atoms with Crippen LogP contribution in [0.15, 0.2) is 48.5 Å². The summed E-state index contributed by atoms with van der Waals surface area (Å²) in [5, 5.41) is 2.93. The first-order valence-electron chi connectivity index (χ1n) is 9.50. The van der Waals surface area contributed by atoms with Gasteiger partial charge in [-0.15, -0.1) is 0 Å². The van der Waals surface area contributed by atoms with E-state index in [4.69, 9.17) is 9.47 Å². The zero-order valence-corrected chi connectivity index (χ0v) is 15.8. The lowest BCUT2D eigenvalue weighted by molar-refractivity contribution is 0.102. The first-order valence-corrected chi connectivity index (χ1v) is 9.50. The average Bonchev–Trinajstić information content (AvgIpc) is 2.66. The fourth-order valence-corrected chi connectivity index (χ4v) is 2.57. The summed E-state index contributed by atoms with van der Waals surface area (Å²) in [4.78, 5) is 12.6. The standard InChI is InChI=1S/C22H29NO3/c1-3-5-6-9-16-25-19-12-10-11-18(17-19)23-22(24)20-13-7-8-14-21(20)26-15-4-2/h7-8,10-14,17H,3-6,9,15-16H2,1-2H3,(H,23,24). The molecular weight excluding hydrogens is 326 g/mol. The van der Waals surface area contributed by atoms with Gasteiger partial charge >= 0.3 is 0 Å². The minimum Gasteiger partial charge on any atom is -0.494 e. The number of rotatable bonds is 11. The van der Waals surface area contributed by atoms with Crippen LogP contribution >= 0.6 is 0 Å². The quantitative estimate of drug-likeness (QED) is 0.527. The number of hydrogen-bond acceptors (Lipinski definition) is 3. The molecule has 0 aliphatic heterocycles.